The molecule has 5 nitrogen and oxygen atoms in total. The van der Waals surface area contributed by atoms with E-state index < -0.39 is 0 Å². The van der Waals surface area contributed by atoms with Crippen LogP contribution in [0.3, 0.4) is 0 Å². The molecule has 0 spiro atoms. The van der Waals surface area contributed by atoms with Crippen molar-refractivity contribution in [1.82, 2.24) is 16.0 Å². The van der Waals surface area contributed by atoms with Crippen molar-refractivity contribution in [3.8, 4) is 0 Å². The lowest BCUT2D eigenvalue weighted by Gasteiger charge is -2.14. The first-order valence-electron chi connectivity index (χ1n) is 9.42. The molecule has 1 amide bonds. The molecule has 0 bridgehead atoms. The van der Waals surface area contributed by atoms with Gasteiger partial charge in [-0.1, -0.05) is 43.3 Å². The topological polar surface area (TPSA) is 65.5 Å². The third-order valence-corrected chi connectivity index (χ3v) is 4.57. The first-order chi connectivity index (χ1) is 13.0. The van der Waals surface area contributed by atoms with E-state index in [1.165, 1.54) is 11.1 Å². The number of nitrogens with zero attached hydrogens (tertiary/aromatic N) is 1. The molecule has 0 heterocycles. The number of carbonyl (C=O) groups excluding carboxylic acids is 1. The van der Waals surface area contributed by atoms with Crippen LogP contribution in [0.2, 0.25) is 0 Å². The second-order valence-corrected chi connectivity index (χ2v) is 6.69. The molecule has 152 valence electrons. The lowest BCUT2D eigenvalue weighted by atomic mass is 10.1. The molecule has 2 rings (SSSR count). The Morgan fingerprint density at radius 2 is 1.79 bits per heavy atom. The Hall–Kier alpha value is -2.09. The summed E-state index contributed by atoms with van der Waals surface area (Å²) in [5, 5.41) is 9.63. The van der Waals surface area contributed by atoms with Gasteiger partial charge in [0.1, 0.15) is 0 Å². The minimum atomic E-state index is -0.0340. The van der Waals surface area contributed by atoms with E-state index in [0.29, 0.717) is 18.7 Å². The Labute approximate surface area is 185 Å². The van der Waals surface area contributed by atoms with E-state index in [2.05, 4.69) is 46.9 Å². The monoisotopic (exact) mass is 494 g/mol. The summed E-state index contributed by atoms with van der Waals surface area (Å²) in [4.78, 5) is 16.6. The molecule has 0 radical (unpaired) electrons. The zero-order chi connectivity index (χ0) is 19.6. The quantitative estimate of drug-likeness (QED) is 0.310. The van der Waals surface area contributed by atoms with Gasteiger partial charge in [0.15, 0.2) is 5.96 Å². The highest BCUT2D eigenvalue weighted by atomic mass is 127. The van der Waals surface area contributed by atoms with Gasteiger partial charge in [-0.05, 0) is 49.1 Å². The van der Waals surface area contributed by atoms with Crippen molar-refractivity contribution in [1.29, 1.82) is 0 Å². The molecule has 1 unspecified atom stereocenters. The van der Waals surface area contributed by atoms with Crippen LogP contribution in [0, 0.1) is 6.92 Å². The molecule has 6 heteroatoms. The molecule has 0 aromatic heterocycles. The van der Waals surface area contributed by atoms with Gasteiger partial charge in [-0.15, -0.1) is 24.0 Å². The SMILES string of the molecule is CCC(C)NC(=O)c1cccc(CNC(=NC)NCc2ccccc2C)c1.I. The number of nitrogens with one attached hydrogen (secondary N) is 3. The molecule has 0 aliphatic carbocycles. The summed E-state index contributed by atoms with van der Waals surface area (Å²) in [5.41, 5.74) is 4.20. The fraction of sp³-hybridized carbons (Fsp3) is 0.364. The summed E-state index contributed by atoms with van der Waals surface area (Å²) >= 11 is 0. The molecule has 0 saturated heterocycles. The van der Waals surface area contributed by atoms with Crippen molar-refractivity contribution in [2.24, 2.45) is 4.99 Å². The molecule has 1 atom stereocenters. The van der Waals surface area contributed by atoms with Gasteiger partial charge in [0.05, 0.1) is 0 Å². The number of rotatable bonds is 7. The molecular weight excluding hydrogens is 463 g/mol. The van der Waals surface area contributed by atoms with Gasteiger partial charge < -0.3 is 16.0 Å². The third-order valence-electron chi connectivity index (χ3n) is 4.57. The molecule has 0 aliphatic rings. The average molecular weight is 494 g/mol. The average Bonchev–Trinajstić information content (AvgIpc) is 2.69. The largest absolute Gasteiger partial charge is 0.352 e. The fourth-order valence-electron chi connectivity index (χ4n) is 2.63. The number of aliphatic imine (C=N–C) groups is 1. The van der Waals surface area contributed by atoms with Crippen LogP contribution in [0.15, 0.2) is 53.5 Å². The number of carbonyl (C=O) groups is 1. The van der Waals surface area contributed by atoms with Crippen LogP contribution in [-0.2, 0) is 13.1 Å². The van der Waals surface area contributed by atoms with Gasteiger partial charge in [0.25, 0.3) is 5.91 Å². The van der Waals surface area contributed by atoms with Crippen molar-refractivity contribution in [3.63, 3.8) is 0 Å². The van der Waals surface area contributed by atoms with Crippen molar-refractivity contribution in [2.45, 2.75) is 46.3 Å². The summed E-state index contributed by atoms with van der Waals surface area (Å²) in [5.74, 6) is 0.695. The molecular formula is C22H31IN4O. The highest BCUT2D eigenvalue weighted by Crippen LogP contribution is 2.07. The van der Waals surface area contributed by atoms with Crippen LogP contribution in [0.25, 0.3) is 0 Å². The van der Waals surface area contributed by atoms with Crippen molar-refractivity contribution < 1.29 is 4.79 Å². The minimum Gasteiger partial charge on any atom is -0.352 e. The van der Waals surface area contributed by atoms with Crippen LogP contribution in [0.4, 0.5) is 0 Å². The van der Waals surface area contributed by atoms with Gasteiger partial charge in [0, 0.05) is 31.7 Å². The fourth-order valence-corrected chi connectivity index (χ4v) is 2.63. The van der Waals surface area contributed by atoms with Gasteiger partial charge in [0.2, 0.25) is 0 Å². The normalized spacial score (nSPS) is 11.9. The lowest BCUT2D eigenvalue weighted by Crippen LogP contribution is -2.36. The van der Waals surface area contributed by atoms with Gasteiger partial charge >= 0.3 is 0 Å². The summed E-state index contributed by atoms with van der Waals surface area (Å²) in [6, 6.07) is 16.1. The number of halogens is 1. The number of hydrogen-bond donors (Lipinski definition) is 3. The minimum absolute atomic E-state index is 0. The molecule has 2 aromatic rings. The van der Waals surface area contributed by atoms with Gasteiger partial charge in [-0.2, -0.15) is 0 Å². The Kier molecular flexibility index (Phi) is 10.6. The third kappa shape index (κ3) is 7.50. The van der Waals surface area contributed by atoms with Crippen LogP contribution in [-0.4, -0.2) is 25.0 Å². The summed E-state index contributed by atoms with van der Waals surface area (Å²) in [7, 11) is 1.75. The van der Waals surface area contributed by atoms with E-state index in [-0.39, 0.29) is 35.9 Å². The zero-order valence-electron chi connectivity index (χ0n) is 17.1. The summed E-state index contributed by atoms with van der Waals surface area (Å²) in [6.07, 6.45) is 0.913. The second kappa shape index (κ2) is 12.4. The zero-order valence-corrected chi connectivity index (χ0v) is 19.4. The van der Waals surface area contributed by atoms with E-state index >= 15 is 0 Å². The van der Waals surface area contributed by atoms with Crippen LogP contribution in [0.1, 0.15) is 47.3 Å². The van der Waals surface area contributed by atoms with Crippen LogP contribution >= 0.6 is 24.0 Å². The number of benzene rings is 2. The predicted molar refractivity (Wildman–Crippen MR) is 127 cm³/mol. The van der Waals surface area contributed by atoms with Gasteiger partial charge in [-0.25, -0.2) is 0 Å². The molecule has 0 saturated carbocycles. The maximum atomic E-state index is 12.3. The van der Waals surface area contributed by atoms with E-state index in [0.717, 1.165) is 17.9 Å². The van der Waals surface area contributed by atoms with Crippen LogP contribution in [0.5, 0.6) is 0 Å². The van der Waals surface area contributed by atoms with Crippen LogP contribution < -0.4 is 16.0 Å². The van der Waals surface area contributed by atoms with E-state index in [9.17, 15) is 4.79 Å². The first kappa shape index (κ1) is 23.9. The maximum absolute atomic E-state index is 12.3. The Bertz CT molecular complexity index is 792. The summed E-state index contributed by atoms with van der Waals surface area (Å²) < 4.78 is 0. The first-order valence-corrected chi connectivity index (χ1v) is 9.42. The molecule has 2 aromatic carbocycles. The van der Waals surface area contributed by atoms with Crippen molar-refractivity contribution in [3.05, 3.63) is 70.8 Å². The molecule has 3 N–H and O–H groups in total. The number of hydrogen-bond acceptors (Lipinski definition) is 2. The number of guanidine groups is 1. The predicted octanol–water partition coefficient (Wildman–Crippen LogP) is 4.01. The van der Waals surface area contributed by atoms with E-state index in [1.807, 2.05) is 43.3 Å². The highest BCUT2D eigenvalue weighted by molar-refractivity contribution is 14.0. The number of amides is 1. The Balaban J connectivity index is 0.00000392. The molecule has 28 heavy (non-hydrogen) atoms. The number of aryl methyl sites for hydroxylation is 1. The van der Waals surface area contributed by atoms with Crippen molar-refractivity contribution in [2.75, 3.05) is 7.05 Å². The second-order valence-electron chi connectivity index (χ2n) is 6.69. The Morgan fingerprint density at radius 3 is 2.46 bits per heavy atom. The van der Waals surface area contributed by atoms with Crippen molar-refractivity contribution >= 4 is 35.8 Å². The summed E-state index contributed by atoms with van der Waals surface area (Å²) in [6.45, 7) is 7.47. The lowest BCUT2D eigenvalue weighted by molar-refractivity contribution is 0.0939. The molecule has 0 aliphatic heterocycles. The van der Waals surface area contributed by atoms with E-state index in [1.54, 1.807) is 7.05 Å². The van der Waals surface area contributed by atoms with E-state index in [4.69, 9.17) is 0 Å². The standard InChI is InChI=1S/C22H30N4O.HI/c1-5-17(3)26-21(27)19-12-8-10-18(13-19)14-24-22(23-4)25-15-20-11-7-6-9-16(20)2;/h6-13,17H,5,14-15H2,1-4H3,(H,26,27)(H2,23,24,25);1H. The molecule has 0 fully saturated rings. The maximum Gasteiger partial charge on any atom is 0.251 e. The highest BCUT2D eigenvalue weighted by Gasteiger charge is 2.09. The smallest absolute Gasteiger partial charge is 0.251 e. The Morgan fingerprint density at radius 1 is 1.07 bits per heavy atom. The van der Waals surface area contributed by atoms with Gasteiger partial charge in [-0.3, -0.25) is 9.79 Å².